The third kappa shape index (κ3) is 1.59. The summed E-state index contributed by atoms with van der Waals surface area (Å²) in [7, 11) is 0. The van der Waals surface area contributed by atoms with E-state index in [0.29, 0.717) is 5.82 Å². The Labute approximate surface area is 105 Å². The summed E-state index contributed by atoms with van der Waals surface area (Å²) in [6.45, 7) is 1.96. The molecule has 0 unspecified atom stereocenters. The van der Waals surface area contributed by atoms with Crippen LogP contribution in [0.2, 0.25) is 0 Å². The molecule has 0 spiro atoms. The highest BCUT2D eigenvalue weighted by Crippen LogP contribution is 2.28. The van der Waals surface area contributed by atoms with Gasteiger partial charge in [0.05, 0.1) is 18.2 Å². The molecule has 4 heteroatoms. The average molecular weight is 239 g/mol. The standard InChI is InChI=1S/C14H13N3O/c1-10-13(11-7-8-18-9-11)16-17(14(10)15)12-5-3-2-4-6-12/h2-9H,15H2,1H3. The number of hydrogen-bond donors (Lipinski definition) is 1. The van der Waals surface area contributed by atoms with Gasteiger partial charge >= 0.3 is 0 Å². The predicted molar refractivity (Wildman–Crippen MR) is 70.4 cm³/mol. The number of para-hydroxylation sites is 1. The summed E-state index contributed by atoms with van der Waals surface area (Å²) in [5, 5.41) is 4.55. The van der Waals surface area contributed by atoms with E-state index in [1.807, 2.05) is 43.3 Å². The molecule has 0 atom stereocenters. The van der Waals surface area contributed by atoms with Crippen LogP contribution in [-0.4, -0.2) is 9.78 Å². The van der Waals surface area contributed by atoms with Gasteiger partial charge in [-0.1, -0.05) is 18.2 Å². The maximum Gasteiger partial charge on any atom is 0.130 e. The summed E-state index contributed by atoms with van der Waals surface area (Å²) in [5.74, 6) is 0.650. The van der Waals surface area contributed by atoms with Crippen molar-refractivity contribution < 1.29 is 4.42 Å². The smallest absolute Gasteiger partial charge is 0.130 e. The monoisotopic (exact) mass is 239 g/mol. The number of aromatic nitrogens is 2. The van der Waals surface area contributed by atoms with Crippen LogP contribution in [-0.2, 0) is 0 Å². The molecule has 0 aliphatic heterocycles. The van der Waals surface area contributed by atoms with Gasteiger partial charge in [-0.3, -0.25) is 0 Å². The molecule has 2 N–H and O–H groups in total. The third-order valence-electron chi connectivity index (χ3n) is 2.96. The van der Waals surface area contributed by atoms with Gasteiger partial charge in [-0.15, -0.1) is 0 Å². The molecule has 3 aromatic rings. The van der Waals surface area contributed by atoms with Crippen molar-refractivity contribution in [3.63, 3.8) is 0 Å². The first-order valence-corrected chi connectivity index (χ1v) is 5.70. The summed E-state index contributed by atoms with van der Waals surface area (Å²) in [5.41, 5.74) is 9.81. The maximum atomic E-state index is 6.11. The molecule has 0 saturated carbocycles. The maximum absolute atomic E-state index is 6.11. The van der Waals surface area contributed by atoms with Crippen LogP contribution >= 0.6 is 0 Å². The van der Waals surface area contributed by atoms with Gasteiger partial charge in [0.25, 0.3) is 0 Å². The Morgan fingerprint density at radius 2 is 1.94 bits per heavy atom. The zero-order chi connectivity index (χ0) is 12.5. The largest absolute Gasteiger partial charge is 0.472 e. The fourth-order valence-electron chi connectivity index (χ4n) is 1.95. The van der Waals surface area contributed by atoms with Gasteiger partial charge in [-0.2, -0.15) is 5.10 Å². The highest BCUT2D eigenvalue weighted by atomic mass is 16.3. The van der Waals surface area contributed by atoms with Crippen molar-refractivity contribution in [2.75, 3.05) is 5.73 Å². The van der Waals surface area contributed by atoms with Crippen LogP contribution < -0.4 is 5.73 Å². The van der Waals surface area contributed by atoms with Crippen molar-refractivity contribution in [3.05, 3.63) is 54.5 Å². The van der Waals surface area contributed by atoms with Gasteiger partial charge < -0.3 is 10.2 Å². The molecular formula is C14H13N3O. The zero-order valence-corrected chi connectivity index (χ0v) is 10.00. The molecule has 0 aliphatic rings. The SMILES string of the molecule is Cc1c(-c2ccoc2)nn(-c2ccccc2)c1N. The zero-order valence-electron chi connectivity index (χ0n) is 10.00. The van der Waals surface area contributed by atoms with Crippen LogP contribution in [0.1, 0.15) is 5.56 Å². The molecule has 0 aliphatic carbocycles. The van der Waals surface area contributed by atoms with E-state index in [4.69, 9.17) is 10.2 Å². The van der Waals surface area contributed by atoms with Gasteiger partial charge in [0.2, 0.25) is 0 Å². The first-order chi connectivity index (χ1) is 8.77. The lowest BCUT2D eigenvalue weighted by Crippen LogP contribution is -2.01. The lowest BCUT2D eigenvalue weighted by molar-refractivity contribution is 0.568. The number of rotatable bonds is 2. The highest BCUT2D eigenvalue weighted by Gasteiger charge is 2.14. The van der Waals surface area contributed by atoms with Crippen LogP contribution in [0.25, 0.3) is 16.9 Å². The van der Waals surface area contributed by atoms with Crippen molar-refractivity contribution in [2.24, 2.45) is 0 Å². The number of benzene rings is 1. The minimum atomic E-state index is 0.650. The molecule has 90 valence electrons. The lowest BCUT2D eigenvalue weighted by Gasteiger charge is -2.02. The van der Waals surface area contributed by atoms with Gasteiger partial charge in [0.15, 0.2) is 0 Å². The first-order valence-electron chi connectivity index (χ1n) is 5.70. The van der Waals surface area contributed by atoms with Crippen molar-refractivity contribution in [2.45, 2.75) is 6.92 Å². The number of hydrogen-bond acceptors (Lipinski definition) is 3. The number of nitrogens with zero attached hydrogens (tertiary/aromatic N) is 2. The molecular weight excluding hydrogens is 226 g/mol. The molecule has 1 aromatic carbocycles. The van der Waals surface area contributed by atoms with Crippen LogP contribution in [0.3, 0.4) is 0 Å². The van der Waals surface area contributed by atoms with E-state index in [-0.39, 0.29) is 0 Å². The molecule has 3 rings (SSSR count). The van der Waals surface area contributed by atoms with Gasteiger partial charge in [-0.05, 0) is 25.1 Å². The Morgan fingerprint density at radius 3 is 2.61 bits per heavy atom. The summed E-state index contributed by atoms with van der Waals surface area (Å²) >= 11 is 0. The fraction of sp³-hybridized carbons (Fsp3) is 0.0714. The van der Waals surface area contributed by atoms with E-state index in [1.165, 1.54) is 0 Å². The molecule has 0 radical (unpaired) electrons. The van der Waals surface area contributed by atoms with E-state index in [2.05, 4.69) is 5.10 Å². The molecule has 18 heavy (non-hydrogen) atoms. The minimum absolute atomic E-state index is 0.650. The number of nitrogens with two attached hydrogens (primary N) is 1. The topological polar surface area (TPSA) is 57.0 Å². The summed E-state index contributed by atoms with van der Waals surface area (Å²) in [4.78, 5) is 0. The van der Waals surface area contributed by atoms with E-state index in [0.717, 1.165) is 22.5 Å². The quantitative estimate of drug-likeness (QED) is 0.747. The number of anilines is 1. The number of furan rings is 1. The fourth-order valence-corrected chi connectivity index (χ4v) is 1.95. The van der Waals surface area contributed by atoms with E-state index >= 15 is 0 Å². The second kappa shape index (κ2) is 4.07. The van der Waals surface area contributed by atoms with E-state index in [1.54, 1.807) is 17.2 Å². The second-order valence-corrected chi connectivity index (χ2v) is 4.12. The van der Waals surface area contributed by atoms with Crippen LogP contribution in [0.15, 0.2) is 53.3 Å². The molecule has 0 saturated heterocycles. The second-order valence-electron chi connectivity index (χ2n) is 4.12. The summed E-state index contributed by atoms with van der Waals surface area (Å²) < 4.78 is 6.84. The van der Waals surface area contributed by atoms with Crippen molar-refractivity contribution >= 4 is 5.82 Å². The normalized spacial score (nSPS) is 10.7. The third-order valence-corrected chi connectivity index (χ3v) is 2.96. The highest BCUT2D eigenvalue weighted by molar-refractivity contribution is 5.68. The average Bonchev–Trinajstić information content (AvgIpc) is 3.01. The summed E-state index contributed by atoms with van der Waals surface area (Å²) in [6.07, 6.45) is 3.30. The van der Waals surface area contributed by atoms with Gasteiger partial charge in [0, 0.05) is 11.1 Å². The Kier molecular flexibility index (Phi) is 2.41. The predicted octanol–water partition coefficient (Wildman–Crippen LogP) is 3.02. The van der Waals surface area contributed by atoms with Gasteiger partial charge in [0.1, 0.15) is 11.5 Å². The van der Waals surface area contributed by atoms with E-state index in [9.17, 15) is 0 Å². The van der Waals surface area contributed by atoms with Crippen LogP contribution in [0, 0.1) is 6.92 Å². The Balaban J connectivity index is 2.16. The number of nitrogen functional groups attached to an aromatic ring is 1. The van der Waals surface area contributed by atoms with Crippen molar-refractivity contribution in [1.29, 1.82) is 0 Å². The van der Waals surface area contributed by atoms with Gasteiger partial charge in [-0.25, -0.2) is 4.68 Å². The lowest BCUT2D eigenvalue weighted by atomic mass is 10.1. The van der Waals surface area contributed by atoms with Crippen LogP contribution in [0.4, 0.5) is 5.82 Å². The molecule has 0 bridgehead atoms. The minimum Gasteiger partial charge on any atom is -0.472 e. The van der Waals surface area contributed by atoms with Crippen molar-refractivity contribution in [1.82, 2.24) is 9.78 Å². The molecule has 0 fully saturated rings. The summed E-state index contributed by atoms with van der Waals surface area (Å²) in [6, 6.07) is 11.7. The van der Waals surface area contributed by atoms with E-state index < -0.39 is 0 Å². The van der Waals surface area contributed by atoms with Crippen molar-refractivity contribution in [3.8, 4) is 16.9 Å². The molecule has 0 amide bonds. The Bertz CT molecular complexity index is 654. The Hall–Kier alpha value is -2.49. The first kappa shape index (κ1) is 10.7. The molecule has 2 aromatic heterocycles. The van der Waals surface area contributed by atoms with Crippen LogP contribution in [0.5, 0.6) is 0 Å². The molecule has 2 heterocycles. The molecule has 4 nitrogen and oxygen atoms in total. The Morgan fingerprint density at radius 1 is 1.17 bits per heavy atom.